The standard InChI is InChI=1S/C14H19IO/c1-2-3-4-5-6-14(16)11-12-7-9-13(15)10-8-12/h7-10H,2-6,11H2,1H3. The van der Waals surface area contributed by atoms with E-state index in [1.807, 2.05) is 12.1 Å². The molecule has 2 heteroatoms. The van der Waals surface area contributed by atoms with Crippen LogP contribution in [0, 0.1) is 3.57 Å². The average Bonchev–Trinajstić information content (AvgIpc) is 2.28. The quantitative estimate of drug-likeness (QED) is 0.536. The van der Waals surface area contributed by atoms with Crippen molar-refractivity contribution < 1.29 is 4.79 Å². The van der Waals surface area contributed by atoms with E-state index < -0.39 is 0 Å². The molecular weight excluding hydrogens is 311 g/mol. The molecule has 0 atom stereocenters. The van der Waals surface area contributed by atoms with E-state index in [2.05, 4.69) is 41.6 Å². The molecule has 1 nitrogen and oxygen atoms in total. The minimum Gasteiger partial charge on any atom is -0.299 e. The molecule has 0 spiro atoms. The molecule has 0 heterocycles. The van der Waals surface area contributed by atoms with Gasteiger partial charge in [0.25, 0.3) is 0 Å². The maximum absolute atomic E-state index is 11.7. The molecule has 0 aliphatic carbocycles. The van der Waals surface area contributed by atoms with Gasteiger partial charge in [-0.25, -0.2) is 0 Å². The van der Waals surface area contributed by atoms with Crippen LogP contribution in [0.4, 0.5) is 0 Å². The normalized spacial score (nSPS) is 10.4. The van der Waals surface area contributed by atoms with Crippen molar-refractivity contribution in [3.05, 3.63) is 33.4 Å². The maximum Gasteiger partial charge on any atom is 0.137 e. The van der Waals surface area contributed by atoms with Crippen molar-refractivity contribution in [1.29, 1.82) is 0 Å². The second-order valence-corrected chi connectivity index (χ2v) is 5.40. The maximum atomic E-state index is 11.7. The van der Waals surface area contributed by atoms with Crippen LogP contribution in [-0.4, -0.2) is 5.78 Å². The summed E-state index contributed by atoms with van der Waals surface area (Å²) in [7, 11) is 0. The number of rotatable bonds is 7. The molecule has 88 valence electrons. The third-order valence-electron chi connectivity index (χ3n) is 2.62. The molecule has 0 aliphatic heterocycles. The van der Waals surface area contributed by atoms with E-state index >= 15 is 0 Å². The Bertz CT molecular complexity index is 316. The number of Topliss-reactive ketones (excluding diaryl/α,β-unsaturated/α-hetero) is 1. The molecule has 0 fully saturated rings. The summed E-state index contributed by atoms with van der Waals surface area (Å²) in [5, 5.41) is 0. The average molecular weight is 330 g/mol. The van der Waals surface area contributed by atoms with Gasteiger partial charge in [0.15, 0.2) is 0 Å². The number of carbonyl (C=O) groups is 1. The zero-order chi connectivity index (χ0) is 11.8. The van der Waals surface area contributed by atoms with E-state index in [9.17, 15) is 4.79 Å². The Morgan fingerprint density at radius 2 is 1.81 bits per heavy atom. The molecule has 0 aliphatic rings. The van der Waals surface area contributed by atoms with Crippen molar-refractivity contribution >= 4 is 28.4 Å². The Morgan fingerprint density at radius 3 is 2.44 bits per heavy atom. The fraction of sp³-hybridized carbons (Fsp3) is 0.500. The van der Waals surface area contributed by atoms with Crippen LogP contribution in [-0.2, 0) is 11.2 Å². The second kappa shape index (κ2) is 7.82. The van der Waals surface area contributed by atoms with Crippen LogP contribution in [0.3, 0.4) is 0 Å². The highest BCUT2D eigenvalue weighted by atomic mass is 127. The first-order valence-corrected chi connectivity index (χ1v) is 7.06. The van der Waals surface area contributed by atoms with Crippen LogP contribution in [0.15, 0.2) is 24.3 Å². The van der Waals surface area contributed by atoms with Crippen molar-refractivity contribution in [2.45, 2.75) is 45.4 Å². The summed E-state index contributed by atoms with van der Waals surface area (Å²) in [6, 6.07) is 8.21. The van der Waals surface area contributed by atoms with E-state index in [4.69, 9.17) is 0 Å². The van der Waals surface area contributed by atoms with Gasteiger partial charge in [-0.1, -0.05) is 38.3 Å². The Morgan fingerprint density at radius 1 is 1.12 bits per heavy atom. The third kappa shape index (κ3) is 5.64. The predicted molar refractivity (Wildman–Crippen MR) is 76.6 cm³/mol. The molecule has 1 aromatic rings. The molecule has 16 heavy (non-hydrogen) atoms. The lowest BCUT2D eigenvalue weighted by Crippen LogP contribution is -2.02. The van der Waals surface area contributed by atoms with Crippen molar-refractivity contribution in [3.8, 4) is 0 Å². The fourth-order valence-corrected chi connectivity index (χ4v) is 2.03. The van der Waals surface area contributed by atoms with Crippen LogP contribution in [0.5, 0.6) is 0 Å². The number of hydrogen-bond donors (Lipinski definition) is 0. The lowest BCUT2D eigenvalue weighted by Gasteiger charge is -2.01. The van der Waals surface area contributed by atoms with E-state index in [1.54, 1.807) is 0 Å². The second-order valence-electron chi connectivity index (χ2n) is 4.15. The van der Waals surface area contributed by atoms with Crippen LogP contribution in [0.1, 0.15) is 44.6 Å². The molecule has 0 amide bonds. The van der Waals surface area contributed by atoms with Crippen molar-refractivity contribution in [3.63, 3.8) is 0 Å². The smallest absolute Gasteiger partial charge is 0.137 e. The van der Waals surface area contributed by atoms with Gasteiger partial charge in [0.1, 0.15) is 5.78 Å². The van der Waals surface area contributed by atoms with Gasteiger partial charge in [-0.2, -0.15) is 0 Å². The lowest BCUT2D eigenvalue weighted by atomic mass is 10.0. The van der Waals surface area contributed by atoms with E-state index in [-0.39, 0.29) is 0 Å². The molecular formula is C14H19IO. The molecule has 1 aromatic carbocycles. The summed E-state index contributed by atoms with van der Waals surface area (Å²) in [6.07, 6.45) is 6.06. The van der Waals surface area contributed by atoms with Crippen LogP contribution < -0.4 is 0 Å². The Hall–Kier alpha value is -0.380. The number of carbonyl (C=O) groups excluding carboxylic acids is 1. The molecule has 0 saturated heterocycles. The van der Waals surface area contributed by atoms with Crippen molar-refractivity contribution in [2.24, 2.45) is 0 Å². The molecule has 0 unspecified atom stereocenters. The summed E-state index contributed by atoms with van der Waals surface area (Å²) < 4.78 is 1.22. The number of benzene rings is 1. The minimum absolute atomic E-state index is 0.373. The first kappa shape index (κ1) is 13.7. The van der Waals surface area contributed by atoms with Crippen molar-refractivity contribution in [1.82, 2.24) is 0 Å². The Kier molecular flexibility index (Phi) is 6.69. The van der Waals surface area contributed by atoms with E-state index in [0.717, 1.165) is 18.4 Å². The van der Waals surface area contributed by atoms with Gasteiger partial charge >= 0.3 is 0 Å². The topological polar surface area (TPSA) is 17.1 Å². The molecule has 1 rings (SSSR count). The first-order valence-electron chi connectivity index (χ1n) is 5.98. The number of halogens is 1. The fourth-order valence-electron chi connectivity index (χ4n) is 1.67. The highest BCUT2D eigenvalue weighted by molar-refractivity contribution is 14.1. The lowest BCUT2D eigenvalue weighted by molar-refractivity contribution is -0.118. The monoisotopic (exact) mass is 330 g/mol. The SMILES string of the molecule is CCCCCCC(=O)Cc1ccc(I)cc1. The zero-order valence-electron chi connectivity index (χ0n) is 9.84. The van der Waals surface area contributed by atoms with Gasteiger partial charge in [0.2, 0.25) is 0 Å². The highest BCUT2D eigenvalue weighted by Crippen LogP contribution is 2.10. The molecule has 0 saturated carbocycles. The van der Waals surface area contributed by atoms with Gasteiger partial charge in [0.05, 0.1) is 0 Å². The summed E-state index contributed by atoms with van der Waals surface area (Å²) in [6.45, 7) is 2.19. The van der Waals surface area contributed by atoms with E-state index in [0.29, 0.717) is 12.2 Å². The molecule has 0 N–H and O–H groups in total. The largest absolute Gasteiger partial charge is 0.299 e. The predicted octanol–water partition coefficient (Wildman–Crippen LogP) is 4.37. The van der Waals surface area contributed by atoms with Crippen LogP contribution in [0.25, 0.3) is 0 Å². The Balaban J connectivity index is 2.26. The minimum atomic E-state index is 0.373. The molecule has 0 bridgehead atoms. The molecule has 0 aromatic heterocycles. The van der Waals surface area contributed by atoms with Crippen LogP contribution in [0.2, 0.25) is 0 Å². The van der Waals surface area contributed by atoms with Gasteiger partial charge in [-0.15, -0.1) is 0 Å². The van der Waals surface area contributed by atoms with Crippen molar-refractivity contribution in [2.75, 3.05) is 0 Å². The van der Waals surface area contributed by atoms with Gasteiger partial charge in [-0.05, 0) is 46.7 Å². The third-order valence-corrected chi connectivity index (χ3v) is 3.34. The summed E-state index contributed by atoms with van der Waals surface area (Å²) in [5.41, 5.74) is 1.14. The van der Waals surface area contributed by atoms with Gasteiger partial charge in [-0.3, -0.25) is 4.79 Å². The van der Waals surface area contributed by atoms with Gasteiger partial charge < -0.3 is 0 Å². The van der Waals surface area contributed by atoms with E-state index in [1.165, 1.54) is 22.8 Å². The molecule has 0 radical (unpaired) electrons. The first-order chi connectivity index (χ1) is 7.72. The zero-order valence-corrected chi connectivity index (χ0v) is 12.0. The summed E-state index contributed by atoms with van der Waals surface area (Å²) in [5.74, 6) is 0.373. The Labute approximate surface area is 112 Å². The number of ketones is 1. The summed E-state index contributed by atoms with van der Waals surface area (Å²) >= 11 is 2.28. The van der Waals surface area contributed by atoms with Gasteiger partial charge in [0, 0.05) is 16.4 Å². The summed E-state index contributed by atoms with van der Waals surface area (Å²) in [4.78, 5) is 11.7. The highest BCUT2D eigenvalue weighted by Gasteiger charge is 2.03. The number of hydrogen-bond acceptors (Lipinski definition) is 1. The van der Waals surface area contributed by atoms with Crippen LogP contribution >= 0.6 is 22.6 Å². The number of unbranched alkanes of at least 4 members (excludes halogenated alkanes) is 3.